The lowest BCUT2D eigenvalue weighted by molar-refractivity contribution is -0.385. The van der Waals surface area contributed by atoms with E-state index in [1.165, 1.54) is 12.5 Å². The summed E-state index contributed by atoms with van der Waals surface area (Å²) in [5, 5.41) is 23.7. The second-order valence-corrected chi connectivity index (χ2v) is 5.75. The Morgan fingerprint density at radius 2 is 2.32 bits per heavy atom. The minimum absolute atomic E-state index is 0.106. The second kappa shape index (κ2) is 5.93. The number of anilines is 1. The molecule has 1 saturated carbocycles. The first kappa shape index (κ1) is 13.7. The maximum Gasteiger partial charge on any atom is 0.287 e. The van der Waals surface area contributed by atoms with Crippen molar-refractivity contribution in [3.8, 4) is 6.07 Å². The highest BCUT2D eigenvalue weighted by molar-refractivity contribution is 7.99. The van der Waals surface area contributed by atoms with Crippen molar-refractivity contribution in [2.75, 3.05) is 11.6 Å². The molecule has 2 rings (SSSR count). The van der Waals surface area contributed by atoms with E-state index < -0.39 is 4.92 Å². The maximum atomic E-state index is 10.7. The fraction of sp³-hybridized carbons (Fsp3) is 0.462. The highest BCUT2D eigenvalue weighted by atomic mass is 32.2. The average molecular weight is 277 g/mol. The number of benzene rings is 1. The Bertz CT molecular complexity index is 527. The molecule has 1 aromatic rings. The fourth-order valence-corrected chi connectivity index (χ4v) is 3.19. The molecule has 1 aliphatic carbocycles. The predicted molar refractivity (Wildman–Crippen MR) is 76.4 cm³/mol. The first-order valence-electron chi connectivity index (χ1n) is 6.12. The van der Waals surface area contributed by atoms with Crippen LogP contribution in [-0.2, 0) is 0 Å². The maximum absolute atomic E-state index is 10.7. The molecule has 100 valence electrons. The summed E-state index contributed by atoms with van der Waals surface area (Å²) in [6, 6.07) is 6.89. The summed E-state index contributed by atoms with van der Waals surface area (Å²) in [6.07, 6.45) is 5.51. The number of hydrogen-bond acceptors (Lipinski definition) is 5. The van der Waals surface area contributed by atoms with E-state index in [-0.39, 0.29) is 11.3 Å². The third-order valence-corrected chi connectivity index (χ3v) is 4.50. The molecule has 0 aliphatic heterocycles. The number of nitrogens with zero attached hydrogens (tertiary/aromatic N) is 2. The number of nitro groups is 1. The molecule has 0 unspecified atom stereocenters. The molecule has 5 nitrogen and oxygen atoms in total. The van der Waals surface area contributed by atoms with Gasteiger partial charge in [-0.3, -0.25) is 10.1 Å². The van der Waals surface area contributed by atoms with Crippen LogP contribution in [0.1, 0.15) is 24.8 Å². The second-order valence-electron chi connectivity index (χ2n) is 4.61. The molecule has 0 bridgehead atoms. The van der Waals surface area contributed by atoms with Crippen molar-refractivity contribution in [3.63, 3.8) is 0 Å². The van der Waals surface area contributed by atoms with Crippen LogP contribution in [-0.4, -0.2) is 22.5 Å². The Morgan fingerprint density at radius 1 is 1.53 bits per heavy atom. The van der Waals surface area contributed by atoms with Gasteiger partial charge in [0.25, 0.3) is 5.69 Å². The van der Waals surface area contributed by atoms with Crippen LogP contribution in [0.3, 0.4) is 0 Å². The van der Waals surface area contributed by atoms with Crippen molar-refractivity contribution in [2.45, 2.75) is 30.6 Å². The van der Waals surface area contributed by atoms with Crippen molar-refractivity contribution in [1.29, 1.82) is 5.26 Å². The van der Waals surface area contributed by atoms with Gasteiger partial charge in [0.05, 0.1) is 4.92 Å². The normalized spacial score (nSPS) is 21.9. The molecule has 19 heavy (non-hydrogen) atoms. The van der Waals surface area contributed by atoms with E-state index in [0.717, 1.165) is 18.5 Å². The zero-order valence-corrected chi connectivity index (χ0v) is 11.4. The monoisotopic (exact) mass is 277 g/mol. The van der Waals surface area contributed by atoms with E-state index >= 15 is 0 Å². The molecule has 1 fully saturated rings. The number of nitriles is 1. The predicted octanol–water partition coefficient (Wildman–Crippen LogP) is 3.16. The lowest BCUT2D eigenvalue weighted by atomic mass is 10.1. The molecule has 1 N–H and O–H groups in total. The van der Waals surface area contributed by atoms with Gasteiger partial charge in [0.2, 0.25) is 0 Å². The molecule has 0 spiro atoms. The van der Waals surface area contributed by atoms with E-state index in [4.69, 9.17) is 5.26 Å². The molecule has 0 heterocycles. The van der Waals surface area contributed by atoms with Gasteiger partial charge in [-0.15, -0.1) is 0 Å². The minimum Gasteiger partial charge on any atom is -0.382 e. The van der Waals surface area contributed by atoms with Crippen LogP contribution in [0.15, 0.2) is 18.2 Å². The van der Waals surface area contributed by atoms with Crippen molar-refractivity contribution < 1.29 is 4.92 Å². The summed E-state index contributed by atoms with van der Waals surface area (Å²) in [6.45, 7) is 0. The van der Waals surface area contributed by atoms with Gasteiger partial charge in [-0.1, -0.05) is 0 Å². The molecule has 1 aromatic carbocycles. The van der Waals surface area contributed by atoms with E-state index in [2.05, 4.69) is 11.6 Å². The molecule has 6 heteroatoms. The van der Waals surface area contributed by atoms with Crippen LogP contribution in [0.25, 0.3) is 0 Å². The zero-order chi connectivity index (χ0) is 13.8. The van der Waals surface area contributed by atoms with Crippen molar-refractivity contribution in [3.05, 3.63) is 33.9 Å². The van der Waals surface area contributed by atoms with E-state index in [0.29, 0.717) is 11.3 Å². The first-order chi connectivity index (χ1) is 9.13. The van der Waals surface area contributed by atoms with Crippen LogP contribution in [0.2, 0.25) is 0 Å². The van der Waals surface area contributed by atoms with Gasteiger partial charge in [-0.2, -0.15) is 17.0 Å². The molecule has 0 saturated heterocycles. The smallest absolute Gasteiger partial charge is 0.287 e. The van der Waals surface area contributed by atoms with Crippen LogP contribution >= 0.6 is 11.8 Å². The highest BCUT2D eigenvalue weighted by Crippen LogP contribution is 2.31. The van der Waals surface area contributed by atoms with E-state index in [1.807, 2.05) is 17.8 Å². The Labute approximate surface area is 116 Å². The summed E-state index contributed by atoms with van der Waals surface area (Å²) in [5.41, 5.74) is 0.754. The standard InChI is InChI=1S/C13H15N3O2S/c1-19-12-4-2-11(7-12)15-10-3-5-13(16(17)18)9(6-10)8-14/h3,5-6,11-12,15H,2,4,7H2,1H3/t11-,12+/m0/s1. The third-order valence-electron chi connectivity index (χ3n) is 3.40. The van der Waals surface area contributed by atoms with Gasteiger partial charge in [-0.05, 0) is 37.7 Å². The van der Waals surface area contributed by atoms with Crippen LogP contribution in [0.4, 0.5) is 11.4 Å². The first-order valence-corrected chi connectivity index (χ1v) is 7.40. The van der Waals surface area contributed by atoms with Crippen LogP contribution < -0.4 is 5.32 Å². The number of rotatable bonds is 4. The van der Waals surface area contributed by atoms with Gasteiger partial charge < -0.3 is 5.32 Å². The summed E-state index contributed by atoms with van der Waals surface area (Å²) < 4.78 is 0. The van der Waals surface area contributed by atoms with Crippen molar-refractivity contribution in [2.24, 2.45) is 0 Å². The summed E-state index contributed by atoms with van der Waals surface area (Å²) >= 11 is 1.88. The average Bonchev–Trinajstić information content (AvgIpc) is 2.86. The Hall–Kier alpha value is -1.74. The van der Waals surface area contributed by atoms with E-state index in [9.17, 15) is 10.1 Å². The fourth-order valence-electron chi connectivity index (χ4n) is 2.40. The summed E-state index contributed by atoms with van der Waals surface area (Å²) in [4.78, 5) is 10.2. The van der Waals surface area contributed by atoms with Gasteiger partial charge in [-0.25, -0.2) is 0 Å². The molecule has 1 aliphatic rings. The number of nitro benzene ring substituents is 1. The number of hydrogen-bond donors (Lipinski definition) is 1. The Kier molecular flexibility index (Phi) is 4.27. The quantitative estimate of drug-likeness (QED) is 0.675. The molecular weight excluding hydrogens is 262 g/mol. The minimum atomic E-state index is -0.526. The lowest BCUT2D eigenvalue weighted by Gasteiger charge is -2.14. The number of thioether (sulfide) groups is 1. The Balaban J connectivity index is 2.10. The van der Waals surface area contributed by atoms with Crippen LogP contribution in [0.5, 0.6) is 0 Å². The van der Waals surface area contributed by atoms with Gasteiger partial charge in [0.1, 0.15) is 11.6 Å². The van der Waals surface area contributed by atoms with Crippen molar-refractivity contribution >= 4 is 23.1 Å². The van der Waals surface area contributed by atoms with E-state index in [1.54, 1.807) is 12.1 Å². The third kappa shape index (κ3) is 3.18. The molecular formula is C13H15N3O2S. The van der Waals surface area contributed by atoms with Crippen molar-refractivity contribution in [1.82, 2.24) is 0 Å². The SMILES string of the molecule is CS[C@@H]1CC[C@H](Nc2ccc([N+](=O)[O-])c(C#N)c2)C1. The summed E-state index contributed by atoms with van der Waals surface area (Å²) in [7, 11) is 0. The number of nitrogens with one attached hydrogen (secondary N) is 1. The molecule has 0 aromatic heterocycles. The van der Waals surface area contributed by atoms with Crippen LogP contribution in [0, 0.1) is 21.4 Å². The molecule has 0 radical (unpaired) electrons. The highest BCUT2D eigenvalue weighted by Gasteiger charge is 2.24. The van der Waals surface area contributed by atoms with Gasteiger partial charge in [0.15, 0.2) is 0 Å². The summed E-state index contributed by atoms with van der Waals surface area (Å²) in [5.74, 6) is 0. The lowest BCUT2D eigenvalue weighted by Crippen LogP contribution is -2.16. The molecule has 2 atom stereocenters. The molecule has 0 amide bonds. The Morgan fingerprint density at radius 3 is 2.89 bits per heavy atom. The van der Waals surface area contributed by atoms with Gasteiger partial charge in [0, 0.05) is 23.0 Å². The largest absolute Gasteiger partial charge is 0.382 e. The van der Waals surface area contributed by atoms with Gasteiger partial charge >= 0.3 is 0 Å². The zero-order valence-electron chi connectivity index (χ0n) is 10.6. The topological polar surface area (TPSA) is 79.0 Å².